The Kier molecular flexibility index (Phi) is 4.50. The van der Waals surface area contributed by atoms with Gasteiger partial charge in [0.2, 0.25) is 5.91 Å². The highest BCUT2D eigenvalue weighted by Gasteiger charge is 2.26. The molecule has 0 aliphatic carbocycles. The maximum absolute atomic E-state index is 12.0. The number of nitrogens with one attached hydrogen (secondary N) is 2. The zero-order chi connectivity index (χ0) is 15.4. The van der Waals surface area contributed by atoms with Crippen LogP contribution < -0.4 is 5.32 Å². The molecule has 1 saturated heterocycles. The molecule has 8 heteroatoms. The first-order chi connectivity index (χ1) is 10.7. The second-order valence-electron chi connectivity index (χ2n) is 5.23. The van der Waals surface area contributed by atoms with Crippen LogP contribution in [0.15, 0.2) is 22.8 Å². The molecule has 0 unspecified atom stereocenters. The lowest BCUT2D eigenvalue weighted by Gasteiger charge is -2.30. The molecule has 118 valence electrons. The number of carbonyl (C=O) groups is 1. The highest BCUT2D eigenvalue weighted by molar-refractivity contribution is 5.77. The van der Waals surface area contributed by atoms with Crippen molar-refractivity contribution in [2.45, 2.75) is 19.6 Å². The number of hydrogen-bond acceptors (Lipinski definition) is 6. The molecule has 1 fully saturated rings. The van der Waals surface area contributed by atoms with Gasteiger partial charge in [0.05, 0.1) is 26.0 Å². The van der Waals surface area contributed by atoms with Crippen LogP contribution in [0.25, 0.3) is 0 Å². The predicted octanol–water partition coefficient (Wildman–Crippen LogP) is 0.396. The summed E-state index contributed by atoms with van der Waals surface area (Å²) in [4.78, 5) is 18.3. The number of nitrogens with zero attached hydrogens (tertiary/aromatic N) is 3. The first kappa shape index (κ1) is 14.7. The molecule has 2 aromatic heterocycles. The van der Waals surface area contributed by atoms with Crippen molar-refractivity contribution < 1.29 is 13.9 Å². The molecule has 3 heterocycles. The van der Waals surface area contributed by atoms with Crippen molar-refractivity contribution in [1.29, 1.82) is 0 Å². The molecule has 1 amide bonds. The molecule has 0 aromatic carbocycles. The van der Waals surface area contributed by atoms with Crippen LogP contribution in [-0.4, -0.2) is 52.2 Å². The molecule has 22 heavy (non-hydrogen) atoms. The first-order valence-corrected chi connectivity index (χ1v) is 7.22. The molecule has 0 radical (unpaired) electrons. The summed E-state index contributed by atoms with van der Waals surface area (Å²) in [6, 6.07) is 3.63. The minimum atomic E-state index is -0.198. The quantitative estimate of drug-likeness (QED) is 0.830. The van der Waals surface area contributed by atoms with E-state index in [1.165, 1.54) is 0 Å². The normalized spacial score (nSPS) is 19.2. The van der Waals surface area contributed by atoms with Crippen molar-refractivity contribution >= 4 is 5.91 Å². The lowest BCUT2D eigenvalue weighted by Crippen LogP contribution is -2.44. The predicted molar refractivity (Wildman–Crippen MR) is 76.8 cm³/mol. The number of hydrogen-bond donors (Lipinski definition) is 2. The molecule has 0 saturated carbocycles. The van der Waals surface area contributed by atoms with Crippen molar-refractivity contribution in [3.05, 3.63) is 35.8 Å². The Balaban J connectivity index is 1.48. The number of H-pyrrole nitrogens is 1. The van der Waals surface area contributed by atoms with Crippen molar-refractivity contribution in [3.8, 4) is 0 Å². The van der Waals surface area contributed by atoms with E-state index in [4.69, 9.17) is 9.15 Å². The number of furan rings is 1. The largest absolute Gasteiger partial charge is 0.467 e. The van der Waals surface area contributed by atoms with Crippen LogP contribution >= 0.6 is 0 Å². The molecule has 1 atom stereocenters. The van der Waals surface area contributed by atoms with Gasteiger partial charge in [-0.15, -0.1) is 0 Å². The van der Waals surface area contributed by atoms with E-state index in [1.54, 1.807) is 12.3 Å². The molecular formula is C14H19N5O3. The minimum Gasteiger partial charge on any atom is -0.467 e. The van der Waals surface area contributed by atoms with Gasteiger partial charge in [0, 0.05) is 13.1 Å². The fourth-order valence-corrected chi connectivity index (χ4v) is 2.36. The summed E-state index contributed by atoms with van der Waals surface area (Å²) in [7, 11) is 0. The van der Waals surface area contributed by atoms with Gasteiger partial charge in [0.15, 0.2) is 5.82 Å². The third kappa shape index (κ3) is 3.71. The van der Waals surface area contributed by atoms with E-state index in [9.17, 15) is 4.79 Å². The number of aromatic nitrogens is 3. The van der Waals surface area contributed by atoms with Crippen LogP contribution in [0.5, 0.6) is 0 Å². The summed E-state index contributed by atoms with van der Waals surface area (Å²) in [5.41, 5.74) is 0. The zero-order valence-electron chi connectivity index (χ0n) is 12.4. The van der Waals surface area contributed by atoms with Gasteiger partial charge in [-0.05, 0) is 19.1 Å². The number of amides is 1. The Morgan fingerprint density at radius 3 is 3.23 bits per heavy atom. The van der Waals surface area contributed by atoms with Gasteiger partial charge in [-0.1, -0.05) is 0 Å². The van der Waals surface area contributed by atoms with Crippen molar-refractivity contribution in [2.75, 3.05) is 26.2 Å². The molecule has 0 spiro atoms. The van der Waals surface area contributed by atoms with Crippen molar-refractivity contribution in [1.82, 2.24) is 25.4 Å². The van der Waals surface area contributed by atoms with Gasteiger partial charge >= 0.3 is 0 Å². The Labute approximate surface area is 127 Å². The van der Waals surface area contributed by atoms with Crippen LogP contribution in [0.2, 0.25) is 0 Å². The lowest BCUT2D eigenvalue weighted by atomic mass is 10.2. The average molecular weight is 305 g/mol. The maximum Gasteiger partial charge on any atom is 0.234 e. The summed E-state index contributed by atoms with van der Waals surface area (Å²) >= 11 is 0. The fourth-order valence-electron chi connectivity index (χ4n) is 2.36. The minimum absolute atomic E-state index is 0.0387. The summed E-state index contributed by atoms with van der Waals surface area (Å²) in [6.45, 7) is 4.45. The smallest absolute Gasteiger partial charge is 0.234 e. The Hall–Kier alpha value is -2.19. The van der Waals surface area contributed by atoms with E-state index in [0.29, 0.717) is 38.6 Å². The van der Waals surface area contributed by atoms with E-state index < -0.39 is 0 Å². The Morgan fingerprint density at radius 1 is 1.59 bits per heavy atom. The summed E-state index contributed by atoms with van der Waals surface area (Å²) < 4.78 is 10.9. The van der Waals surface area contributed by atoms with Gasteiger partial charge in [0.25, 0.3) is 0 Å². The highest BCUT2D eigenvalue weighted by Crippen LogP contribution is 2.18. The number of aryl methyl sites for hydroxylation is 1. The Bertz CT molecular complexity index is 610. The number of aromatic amines is 1. The summed E-state index contributed by atoms with van der Waals surface area (Å²) in [5, 5.41) is 9.77. The molecule has 1 aliphatic rings. The number of ether oxygens (including phenoxy) is 1. The molecule has 2 aromatic rings. The zero-order valence-corrected chi connectivity index (χ0v) is 12.4. The molecule has 1 aliphatic heterocycles. The van der Waals surface area contributed by atoms with Crippen LogP contribution in [0, 0.1) is 6.92 Å². The third-order valence-corrected chi connectivity index (χ3v) is 3.46. The van der Waals surface area contributed by atoms with Gasteiger partial charge in [-0.2, -0.15) is 5.10 Å². The maximum atomic E-state index is 12.0. The van der Waals surface area contributed by atoms with Crippen molar-refractivity contribution in [3.63, 3.8) is 0 Å². The monoisotopic (exact) mass is 305 g/mol. The summed E-state index contributed by atoms with van der Waals surface area (Å²) in [6.07, 6.45) is 1.39. The van der Waals surface area contributed by atoms with E-state index in [2.05, 4.69) is 20.5 Å². The second-order valence-corrected chi connectivity index (χ2v) is 5.23. The van der Waals surface area contributed by atoms with Gasteiger partial charge < -0.3 is 14.5 Å². The lowest BCUT2D eigenvalue weighted by molar-refractivity contribution is -0.124. The van der Waals surface area contributed by atoms with Gasteiger partial charge in [-0.3, -0.25) is 14.8 Å². The third-order valence-electron chi connectivity index (χ3n) is 3.46. The van der Waals surface area contributed by atoms with Crippen LogP contribution in [0.4, 0.5) is 0 Å². The number of carbonyl (C=O) groups excluding carboxylic acids is 1. The van der Waals surface area contributed by atoms with E-state index in [1.807, 2.05) is 17.9 Å². The molecule has 0 bridgehead atoms. The molecule has 2 N–H and O–H groups in total. The van der Waals surface area contributed by atoms with Crippen LogP contribution in [0.1, 0.15) is 23.5 Å². The fraction of sp³-hybridized carbons (Fsp3) is 0.500. The van der Waals surface area contributed by atoms with Gasteiger partial charge in [0.1, 0.15) is 17.7 Å². The summed E-state index contributed by atoms with van der Waals surface area (Å²) in [5.74, 6) is 2.10. The average Bonchev–Trinajstić information content (AvgIpc) is 3.17. The first-order valence-electron chi connectivity index (χ1n) is 7.22. The van der Waals surface area contributed by atoms with Crippen molar-refractivity contribution in [2.24, 2.45) is 0 Å². The highest BCUT2D eigenvalue weighted by atomic mass is 16.5. The van der Waals surface area contributed by atoms with Crippen LogP contribution in [-0.2, 0) is 16.1 Å². The Morgan fingerprint density at radius 2 is 2.50 bits per heavy atom. The van der Waals surface area contributed by atoms with E-state index >= 15 is 0 Å². The molecule has 3 rings (SSSR count). The SMILES string of the molecule is Cc1nc([C@H]2CN(CC(=O)NCc3ccco3)CCO2)n[nH]1. The standard InChI is InChI=1S/C14H19N5O3/c1-10-16-14(18-17-10)12-8-19(4-6-22-12)9-13(20)15-7-11-3-2-5-21-11/h2-3,5,12H,4,6-9H2,1H3,(H,15,20)(H,16,17,18)/t12-/m1/s1. The number of morpholine rings is 1. The number of rotatable bonds is 5. The molecule has 8 nitrogen and oxygen atoms in total. The molecular weight excluding hydrogens is 286 g/mol. The van der Waals surface area contributed by atoms with E-state index in [-0.39, 0.29) is 12.0 Å². The van der Waals surface area contributed by atoms with Crippen LogP contribution in [0.3, 0.4) is 0 Å². The van der Waals surface area contributed by atoms with Gasteiger partial charge in [-0.25, -0.2) is 4.98 Å². The second kappa shape index (κ2) is 6.71. The van der Waals surface area contributed by atoms with E-state index in [0.717, 1.165) is 11.6 Å². The topological polar surface area (TPSA) is 96.3 Å².